The van der Waals surface area contributed by atoms with Crippen LogP contribution in [-0.2, 0) is 19.6 Å². The van der Waals surface area contributed by atoms with Gasteiger partial charge in [-0.3, -0.25) is 4.79 Å². The van der Waals surface area contributed by atoms with Crippen LogP contribution in [0.5, 0.6) is 5.75 Å². The number of carboxylic acid groups (broad SMARTS) is 1. The molecule has 1 amide bonds. The Balaban J connectivity index is 1.17. The van der Waals surface area contributed by atoms with Crippen molar-refractivity contribution in [2.75, 3.05) is 0 Å². The van der Waals surface area contributed by atoms with Gasteiger partial charge in [0.05, 0.1) is 16.6 Å². The Labute approximate surface area is 219 Å². The molecule has 0 bridgehead atoms. The van der Waals surface area contributed by atoms with Crippen LogP contribution in [-0.4, -0.2) is 21.9 Å². The Morgan fingerprint density at radius 2 is 1.78 bits per heavy atom. The fraction of sp³-hybridized carbons (Fsp3) is 0.161. The second-order valence-electron chi connectivity index (χ2n) is 9.49. The molecular formula is C31H24ClNO4. The van der Waals surface area contributed by atoms with Gasteiger partial charge >= 0.3 is 5.97 Å². The second kappa shape index (κ2) is 9.41. The lowest BCUT2D eigenvalue weighted by atomic mass is 10.0. The Hall–Kier alpha value is -4.09. The summed E-state index contributed by atoms with van der Waals surface area (Å²) in [5, 5.41) is 9.59. The summed E-state index contributed by atoms with van der Waals surface area (Å²) in [4.78, 5) is 26.6. The molecule has 1 N–H and O–H groups in total. The van der Waals surface area contributed by atoms with E-state index < -0.39 is 5.97 Å². The first-order valence-corrected chi connectivity index (χ1v) is 12.6. The predicted octanol–water partition coefficient (Wildman–Crippen LogP) is 6.93. The van der Waals surface area contributed by atoms with Gasteiger partial charge in [-0.05, 0) is 82.6 Å². The zero-order valence-corrected chi connectivity index (χ0v) is 20.7. The number of hydrogen-bond donors (Lipinski definition) is 1. The molecule has 0 saturated heterocycles. The van der Waals surface area contributed by atoms with E-state index in [1.807, 2.05) is 53.4 Å². The number of carbonyl (C=O) groups excluding carboxylic acids is 1. The molecule has 5 nitrogen and oxygen atoms in total. The fourth-order valence-corrected chi connectivity index (χ4v) is 5.59. The average molecular weight is 510 g/mol. The maximum atomic E-state index is 13.2. The molecule has 0 saturated carbocycles. The zero-order chi connectivity index (χ0) is 25.5. The van der Waals surface area contributed by atoms with Crippen LogP contribution in [0, 0.1) is 0 Å². The van der Waals surface area contributed by atoms with E-state index in [0.717, 1.165) is 40.7 Å². The van der Waals surface area contributed by atoms with E-state index in [4.69, 9.17) is 16.3 Å². The molecule has 0 fully saturated rings. The molecule has 6 rings (SSSR count). The average Bonchev–Trinajstić information content (AvgIpc) is 3.48. The van der Waals surface area contributed by atoms with Gasteiger partial charge in [0.25, 0.3) is 5.91 Å². The lowest BCUT2D eigenvalue weighted by Gasteiger charge is -2.24. The van der Waals surface area contributed by atoms with E-state index in [-0.39, 0.29) is 22.5 Å². The lowest BCUT2D eigenvalue weighted by Crippen LogP contribution is -2.27. The Kier molecular flexibility index (Phi) is 5.93. The van der Waals surface area contributed by atoms with Crippen molar-refractivity contribution in [1.29, 1.82) is 0 Å². The SMILES string of the molecule is O=C(O)c1cc(-c2cccc(COc3ccc4c(c3)CN([C@H]3CCc5ccccc53)C4=O)c2)ccc1Cl. The standard InChI is InChI=1S/C31H24ClNO4/c32-28-12-8-22(16-27(28)31(35)36)21-6-3-4-19(14-21)18-37-24-10-11-26-23(15-24)17-33(30(26)34)29-13-9-20-5-1-2-7-25(20)29/h1-8,10-12,14-16,29H,9,13,17-18H2,(H,35,36)/t29-/m0/s1. The number of fused-ring (bicyclic) bond motifs is 2. The Morgan fingerprint density at radius 1 is 0.946 bits per heavy atom. The number of carbonyl (C=O) groups is 2. The van der Waals surface area contributed by atoms with Crippen molar-refractivity contribution in [1.82, 2.24) is 4.90 Å². The maximum Gasteiger partial charge on any atom is 0.337 e. The number of rotatable bonds is 6. The molecule has 4 aromatic rings. The van der Waals surface area contributed by atoms with Crippen molar-refractivity contribution >= 4 is 23.5 Å². The molecule has 2 aliphatic rings. The Morgan fingerprint density at radius 3 is 2.65 bits per heavy atom. The summed E-state index contributed by atoms with van der Waals surface area (Å²) >= 11 is 6.02. The minimum atomic E-state index is -1.06. The highest BCUT2D eigenvalue weighted by atomic mass is 35.5. The smallest absolute Gasteiger partial charge is 0.337 e. The summed E-state index contributed by atoms with van der Waals surface area (Å²) in [6.07, 6.45) is 1.96. The zero-order valence-electron chi connectivity index (χ0n) is 20.0. The number of aryl methyl sites for hydroxylation is 1. The van der Waals surface area contributed by atoms with Gasteiger partial charge in [-0.2, -0.15) is 0 Å². The van der Waals surface area contributed by atoms with Gasteiger partial charge in [0, 0.05) is 12.1 Å². The molecule has 184 valence electrons. The first-order valence-electron chi connectivity index (χ1n) is 12.2. The van der Waals surface area contributed by atoms with Crippen LogP contribution in [0.15, 0.2) is 84.9 Å². The van der Waals surface area contributed by atoms with Gasteiger partial charge in [0.1, 0.15) is 12.4 Å². The van der Waals surface area contributed by atoms with E-state index in [1.54, 1.807) is 18.2 Å². The number of nitrogens with zero attached hydrogens (tertiary/aromatic N) is 1. The summed E-state index contributed by atoms with van der Waals surface area (Å²) in [6.45, 7) is 0.933. The van der Waals surface area contributed by atoms with E-state index >= 15 is 0 Å². The summed E-state index contributed by atoms with van der Waals surface area (Å²) < 4.78 is 6.10. The molecule has 0 spiro atoms. The van der Waals surface area contributed by atoms with E-state index in [1.165, 1.54) is 11.1 Å². The molecule has 1 aliphatic carbocycles. The van der Waals surface area contributed by atoms with Crippen LogP contribution in [0.1, 0.15) is 55.4 Å². The van der Waals surface area contributed by atoms with Crippen LogP contribution >= 0.6 is 11.6 Å². The van der Waals surface area contributed by atoms with Crippen LogP contribution < -0.4 is 4.74 Å². The van der Waals surface area contributed by atoms with Gasteiger partial charge in [0.2, 0.25) is 0 Å². The van der Waals surface area contributed by atoms with Gasteiger partial charge in [-0.1, -0.05) is 60.1 Å². The highest BCUT2D eigenvalue weighted by Crippen LogP contribution is 2.40. The summed E-state index contributed by atoms with van der Waals surface area (Å²) in [7, 11) is 0. The molecule has 37 heavy (non-hydrogen) atoms. The van der Waals surface area contributed by atoms with Crippen LogP contribution in [0.25, 0.3) is 11.1 Å². The summed E-state index contributed by atoms with van der Waals surface area (Å²) in [5.74, 6) is -0.262. The number of benzene rings is 4. The van der Waals surface area contributed by atoms with Crippen LogP contribution in [0.3, 0.4) is 0 Å². The molecular weight excluding hydrogens is 486 g/mol. The molecule has 6 heteroatoms. The Bertz CT molecular complexity index is 1550. The monoisotopic (exact) mass is 509 g/mol. The van der Waals surface area contributed by atoms with Gasteiger partial charge in [-0.25, -0.2) is 4.79 Å². The molecule has 0 aromatic heterocycles. The van der Waals surface area contributed by atoms with Gasteiger partial charge in [-0.15, -0.1) is 0 Å². The molecule has 1 aliphatic heterocycles. The molecule has 0 radical (unpaired) electrons. The van der Waals surface area contributed by atoms with Gasteiger partial charge in [0.15, 0.2) is 0 Å². The quantitative estimate of drug-likeness (QED) is 0.306. The first kappa shape index (κ1) is 23.3. The minimum absolute atomic E-state index is 0.0728. The van der Waals surface area contributed by atoms with Crippen molar-refractivity contribution in [3.05, 3.63) is 123 Å². The molecule has 4 aromatic carbocycles. The van der Waals surface area contributed by atoms with Crippen molar-refractivity contribution in [3.63, 3.8) is 0 Å². The summed E-state index contributed by atoms with van der Waals surface area (Å²) in [6, 6.07) is 27.0. The number of halogens is 1. The third-order valence-electron chi connectivity index (χ3n) is 7.25. The van der Waals surface area contributed by atoms with E-state index in [2.05, 4.69) is 18.2 Å². The fourth-order valence-electron chi connectivity index (χ4n) is 5.40. The van der Waals surface area contributed by atoms with Crippen molar-refractivity contribution in [3.8, 4) is 16.9 Å². The second-order valence-corrected chi connectivity index (χ2v) is 9.90. The van der Waals surface area contributed by atoms with Crippen molar-refractivity contribution in [2.24, 2.45) is 0 Å². The van der Waals surface area contributed by atoms with Gasteiger partial charge < -0.3 is 14.7 Å². The number of hydrogen-bond acceptors (Lipinski definition) is 3. The summed E-state index contributed by atoms with van der Waals surface area (Å²) in [5.41, 5.74) is 7.00. The van der Waals surface area contributed by atoms with E-state index in [9.17, 15) is 14.7 Å². The maximum absolute atomic E-state index is 13.2. The third-order valence-corrected chi connectivity index (χ3v) is 7.58. The third kappa shape index (κ3) is 4.36. The highest BCUT2D eigenvalue weighted by molar-refractivity contribution is 6.33. The topological polar surface area (TPSA) is 66.8 Å². The molecule has 1 atom stereocenters. The highest BCUT2D eigenvalue weighted by Gasteiger charge is 2.36. The van der Waals surface area contributed by atoms with Crippen LogP contribution in [0.2, 0.25) is 5.02 Å². The first-order chi connectivity index (χ1) is 18.0. The van der Waals surface area contributed by atoms with Crippen molar-refractivity contribution in [2.45, 2.75) is 32.0 Å². The molecule has 1 heterocycles. The van der Waals surface area contributed by atoms with Crippen LogP contribution in [0.4, 0.5) is 0 Å². The number of amides is 1. The predicted molar refractivity (Wildman–Crippen MR) is 142 cm³/mol. The molecule has 0 unspecified atom stereocenters. The largest absolute Gasteiger partial charge is 0.489 e. The normalized spacial score (nSPS) is 16.0. The minimum Gasteiger partial charge on any atom is -0.489 e. The lowest BCUT2D eigenvalue weighted by molar-refractivity contribution is 0.0690. The number of ether oxygens (including phenoxy) is 1. The van der Waals surface area contributed by atoms with Crippen molar-refractivity contribution < 1.29 is 19.4 Å². The number of aromatic carboxylic acids is 1. The number of carboxylic acids is 1. The van der Waals surface area contributed by atoms with E-state index in [0.29, 0.717) is 18.9 Å².